The summed E-state index contributed by atoms with van der Waals surface area (Å²) in [5.74, 6) is -1.08. The third-order valence-corrected chi connectivity index (χ3v) is 7.74. The van der Waals surface area contributed by atoms with E-state index >= 15 is 4.39 Å². The van der Waals surface area contributed by atoms with Crippen LogP contribution in [0.4, 0.5) is 10.1 Å². The minimum Gasteiger partial charge on any atom is -0.462 e. The maximum absolute atomic E-state index is 15.4. The summed E-state index contributed by atoms with van der Waals surface area (Å²) in [6.45, 7) is 4.45. The topological polar surface area (TPSA) is 83.8 Å². The number of hydrogen-bond acceptors (Lipinski definition) is 6. The van der Waals surface area contributed by atoms with E-state index in [9.17, 15) is 14.7 Å². The zero-order valence-electron chi connectivity index (χ0n) is 19.8. The third kappa shape index (κ3) is 4.33. The number of rotatable bonds is 5. The Hall–Kier alpha value is -2.45. The highest BCUT2D eigenvalue weighted by atomic mass is 19.1. The molecule has 2 N–H and O–H groups in total. The van der Waals surface area contributed by atoms with E-state index in [0.29, 0.717) is 49.6 Å². The molecular formula is C26H34FN3O4. The molecule has 1 unspecified atom stereocenters. The fraction of sp³-hybridized carbons (Fsp3) is 0.615. The lowest BCUT2D eigenvalue weighted by atomic mass is 9.93. The number of carbonyl (C=O) groups is 1. The van der Waals surface area contributed by atoms with E-state index in [-0.39, 0.29) is 29.7 Å². The summed E-state index contributed by atoms with van der Waals surface area (Å²) in [6.07, 6.45) is 8.05. The van der Waals surface area contributed by atoms with Crippen LogP contribution in [0.5, 0.6) is 0 Å². The van der Waals surface area contributed by atoms with Crippen LogP contribution in [0.3, 0.4) is 0 Å². The van der Waals surface area contributed by atoms with Crippen molar-refractivity contribution >= 4 is 22.6 Å². The number of nitrogens with one attached hydrogen (secondary N) is 1. The number of pyridine rings is 1. The van der Waals surface area contributed by atoms with Crippen LogP contribution in [-0.2, 0) is 11.2 Å². The number of piperidine rings is 2. The lowest BCUT2D eigenvalue weighted by Crippen LogP contribution is -2.37. The number of ether oxygens (including phenoxy) is 1. The first-order valence-electron chi connectivity index (χ1n) is 12.7. The van der Waals surface area contributed by atoms with E-state index < -0.39 is 17.2 Å². The SMILES string of the molecule is C[C@H]1CCc2c(N3CCC(O)CC3)c(F)cc3c(=O)c(C(=O)OCCC4CCCCN4)cn1c23. The zero-order chi connectivity index (χ0) is 23.8. The Kier molecular flexibility index (Phi) is 6.62. The number of aliphatic hydroxyl groups excluding tert-OH is 1. The second-order valence-corrected chi connectivity index (χ2v) is 10.0. The van der Waals surface area contributed by atoms with Gasteiger partial charge in [0.25, 0.3) is 0 Å². The average molecular weight is 472 g/mol. The molecule has 0 radical (unpaired) electrons. The lowest BCUT2D eigenvalue weighted by Gasteiger charge is -2.36. The van der Waals surface area contributed by atoms with Crippen molar-refractivity contribution in [2.24, 2.45) is 0 Å². The Bertz CT molecular complexity index is 1130. The standard InChI is InChI=1S/C26H34FN3O4/c1-16-5-6-19-23-20(14-22(27)24(19)29-11-7-18(31)8-12-29)25(32)21(15-30(16)23)26(33)34-13-9-17-4-2-3-10-28-17/h14-18,28,31H,2-13H2,1H3/t16-,17?/m0/s1. The summed E-state index contributed by atoms with van der Waals surface area (Å²) >= 11 is 0. The molecule has 2 saturated heterocycles. The fourth-order valence-corrected chi connectivity index (χ4v) is 5.75. The van der Waals surface area contributed by atoms with Crippen molar-refractivity contribution in [1.82, 2.24) is 9.88 Å². The molecule has 1 aromatic carbocycles. The number of nitrogens with zero attached hydrogens (tertiary/aromatic N) is 2. The molecule has 2 aromatic rings. The minimum atomic E-state index is -0.639. The Balaban J connectivity index is 1.47. The molecule has 7 nitrogen and oxygen atoms in total. The number of aliphatic hydroxyl groups is 1. The van der Waals surface area contributed by atoms with Crippen LogP contribution in [-0.4, -0.2) is 54.0 Å². The number of benzene rings is 1. The molecule has 3 aliphatic heterocycles. The molecule has 0 bridgehead atoms. The van der Waals surface area contributed by atoms with E-state index in [0.717, 1.165) is 31.4 Å². The van der Waals surface area contributed by atoms with Crippen LogP contribution in [0, 0.1) is 5.82 Å². The van der Waals surface area contributed by atoms with Crippen LogP contribution in [0.2, 0.25) is 0 Å². The lowest BCUT2D eigenvalue weighted by molar-refractivity contribution is 0.0483. The summed E-state index contributed by atoms with van der Waals surface area (Å²) in [5, 5.41) is 13.5. The maximum Gasteiger partial charge on any atom is 0.343 e. The predicted octanol–water partition coefficient (Wildman–Crippen LogP) is 3.30. The van der Waals surface area contributed by atoms with Crippen LogP contribution in [0.1, 0.15) is 73.8 Å². The van der Waals surface area contributed by atoms with Crippen molar-refractivity contribution in [3.63, 3.8) is 0 Å². The predicted molar refractivity (Wildman–Crippen MR) is 129 cm³/mol. The Morgan fingerprint density at radius 2 is 2.03 bits per heavy atom. The van der Waals surface area contributed by atoms with Gasteiger partial charge in [-0.05, 0) is 64.5 Å². The molecule has 3 aliphatic rings. The highest BCUT2D eigenvalue weighted by molar-refractivity contribution is 5.96. The minimum absolute atomic E-state index is 0.0305. The van der Waals surface area contributed by atoms with E-state index in [2.05, 4.69) is 12.2 Å². The molecule has 4 heterocycles. The Morgan fingerprint density at radius 3 is 2.76 bits per heavy atom. The molecule has 0 aliphatic carbocycles. The van der Waals surface area contributed by atoms with Crippen LogP contribution < -0.4 is 15.6 Å². The number of aryl methyl sites for hydroxylation is 1. The molecule has 5 rings (SSSR count). The molecule has 0 spiro atoms. The second kappa shape index (κ2) is 9.66. The highest BCUT2D eigenvalue weighted by Crippen LogP contribution is 2.38. The summed E-state index contributed by atoms with van der Waals surface area (Å²) in [7, 11) is 0. The van der Waals surface area contributed by atoms with Gasteiger partial charge in [-0.3, -0.25) is 4.79 Å². The van der Waals surface area contributed by atoms with Crippen molar-refractivity contribution in [2.45, 2.75) is 76.5 Å². The van der Waals surface area contributed by atoms with Gasteiger partial charge in [0.2, 0.25) is 5.43 Å². The van der Waals surface area contributed by atoms with Gasteiger partial charge in [0, 0.05) is 42.3 Å². The van der Waals surface area contributed by atoms with Crippen molar-refractivity contribution in [3.05, 3.63) is 39.4 Å². The first-order chi connectivity index (χ1) is 16.4. The molecule has 1 aromatic heterocycles. The molecule has 2 atom stereocenters. The van der Waals surface area contributed by atoms with E-state index in [4.69, 9.17) is 4.74 Å². The smallest absolute Gasteiger partial charge is 0.343 e. The molecular weight excluding hydrogens is 437 g/mol. The van der Waals surface area contributed by atoms with Crippen molar-refractivity contribution in [2.75, 3.05) is 31.1 Å². The normalized spacial score (nSPS) is 23.3. The summed E-state index contributed by atoms with van der Waals surface area (Å²) < 4.78 is 22.9. The van der Waals surface area contributed by atoms with Gasteiger partial charge in [0.1, 0.15) is 11.4 Å². The van der Waals surface area contributed by atoms with Crippen molar-refractivity contribution < 1.29 is 19.0 Å². The van der Waals surface area contributed by atoms with E-state index in [1.54, 1.807) is 6.20 Å². The first-order valence-corrected chi connectivity index (χ1v) is 12.7. The van der Waals surface area contributed by atoms with Gasteiger partial charge in [-0.25, -0.2) is 9.18 Å². The number of esters is 1. The van der Waals surface area contributed by atoms with E-state index in [1.165, 1.54) is 18.9 Å². The van der Waals surface area contributed by atoms with Gasteiger partial charge in [0.05, 0.1) is 23.9 Å². The summed E-state index contributed by atoms with van der Waals surface area (Å²) in [6, 6.07) is 1.71. The summed E-state index contributed by atoms with van der Waals surface area (Å²) in [4.78, 5) is 28.2. The summed E-state index contributed by atoms with van der Waals surface area (Å²) in [5.41, 5.74) is 1.58. The zero-order valence-corrected chi connectivity index (χ0v) is 19.8. The highest BCUT2D eigenvalue weighted by Gasteiger charge is 2.30. The van der Waals surface area contributed by atoms with Crippen LogP contribution in [0.25, 0.3) is 10.9 Å². The van der Waals surface area contributed by atoms with Gasteiger partial charge < -0.3 is 24.6 Å². The largest absolute Gasteiger partial charge is 0.462 e. The van der Waals surface area contributed by atoms with Crippen LogP contribution in [0.15, 0.2) is 17.1 Å². The quantitative estimate of drug-likeness (QED) is 0.651. The molecule has 2 fully saturated rings. The molecule has 0 amide bonds. The van der Waals surface area contributed by atoms with Gasteiger partial charge >= 0.3 is 5.97 Å². The fourth-order valence-electron chi connectivity index (χ4n) is 5.75. The van der Waals surface area contributed by atoms with Crippen molar-refractivity contribution in [3.8, 4) is 0 Å². The monoisotopic (exact) mass is 471 g/mol. The molecule has 34 heavy (non-hydrogen) atoms. The third-order valence-electron chi connectivity index (χ3n) is 7.74. The average Bonchev–Trinajstić information content (AvgIpc) is 2.84. The van der Waals surface area contributed by atoms with Gasteiger partial charge in [0.15, 0.2) is 0 Å². The molecule has 0 saturated carbocycles. The molecule has 184 valence electrons. The van der Waals surface area contributed by atoms with Gasteiger partial charge in [-0.15, -0.1) is 0 Å². The van der Waals surface area contributed by atoms with Gasteiger partial charge in [-0.2, -0.15) is 0 Å². The number of aromatic nitrogens is 1. The second-order valence-electron chi connectivity index (χ2n) is 10.0. The Labute approximate surface area is 198 Å². The Morgan fingerprint density at radius 1 is 1.24 bits per heavy atom. The molecule has 8 heteroatoms. The maximum atomic E-state index is 15.4. The van der Waals surface area contributed by atoms with Crippen molar-refractivity contribution in [1.29, 1.82) is 0 Å². The number of hydrogen-bond donors (Lipinski definition) is 2. The number of anilines is 1. The number of carbonyl (C=O) groups excluding carboxylic acids is 1. The number of halogens is 1. The first kappa shape index (κ1) is 23.3. The van der Waals surface area contributed by atoms with Crippen LogP contribution >= 0.6 is 0 Å². The van der Waals surface area contributed by atoms with E-state index in [1.807, 2.05) is 9.47 Å². The van der Waals surface area contributed by atoms with Gasteiger partial charge in [-0.1, -0.05) is 6.42 Å².